The van der Waals surface area contributed by atoms with Gasteiger partial charge in [-0.3, -0.25) is 9.59 Å². The molecule has 110 valence electrons. The summed E-state index contributed by atoms with van der Waals surface area (Å²) in [6, 6.07) is 2.08. The zero-order valence-corrected chi connectivity index (χ0v) is 14.7. The molecule has 0 unspecified atom stereocenters. The number of hydrogen-bond acceptors (Lipinski definition) is 3. The van der Waals surface area contributed by atoms with E-state index in [9.17, 15) is 9.59 Å². The number of piperidine rings is 1. The van der Waals surface area contributed by atoms with E-state index in [4.69, 9.17) is 0 Å². The van der Waals surface area contributed by atoms with Crippen molar-refractivity contribution in [3.05, 3.63) is 19.9 Å². The third-order valence-electron chi connectivity index (χ3n) is 3.47. The number of nitrogens with one attached hydrogen (secondary N) is 1. The fraction of sp³-hybridized carbons (Fsp3) is 0.571. The second-order valence-corrected chi connectivity index (χ2v) is 8.17. The Balaban J connectivity index is 1.83. The van der Waals surface area contributed by atoms with Gasteiger partial charge in [-0.1, -0.05) is 13.8 Å². The Bertz CT molecular complexity index is 493. The number of likely N-dealkylation sites (tertiary alicyclic amines) is 1. The Kier molecular flexibility index (Phi) is 5.42. The first-order chi connectivity index (χ1) is 9.47. The van der Waals surface area contributed by atoms with Crippen LogP contribution in [0.4, 0.5) is 0 Å². The summed E-state index contributed by atoms with van der Waals surface area (Å²) >= 11 is 3.79. The second kappa shape index (κ2) is 6.89. The molecule has 4 nitrogen and oxygen atoms in total. The van der Waals surface area contributed by atoms with E-state index in [1.54, 1.807) is 11.3 Å². The molecule has 2 heterocycles. The lowest BCUT2D eigenvalue weighted by atomic mass is 10.0. The van der Waals surface area contributed by atoms with Crippen LogP contribution in [-0.2, 0) is 4.79 Å². The van der Waals surface area contributed by atoms with Crippen LogP contribution in [0.3, 0.4) is 0 Å². The fourth-order valence-corrected chi connectivity index (χ4v) is 3.63. The van der Waals surface area contributed by atoms with Crippen LogP contribution in [0.1, 0.15) is 37.0 Å². The van der Waals surface area contributed by atoms with E-state index in [0.29, 0.717) is 0 Å². The molecule has 0 spiro atoms. The van der Waals surface area contributed by atoms with E-state index in [-0.39, 0.29) is 23.8 Å². The first-order valence-corrected chi connectivity index (χ1v) is 8.77. The van der Waals surface area contributed by atoms with E-state index in [1.807, 2.05) is 30.2 Å². The van der Waals surface area contributed by atoms with Crippen LogP contribution >= 0.6 is 33.9 Å². The van der Waals surface area contributed by atoms with Crippen molar-refractivity contribution in [2.75, 3.05) is 13.1 Å². The third-order valence-corrected chi connectivity index (χ3v) is 5.25. The van der Waals surface area contributed by atoms with Gasteiger partial charge in [-0.25, -0.2) is 0 Å². The lowest BCUT2D eigenvalue weighted by Crippen LogP contribution is -2.47. The summed E-state index contributed by atoms with van der Waals surface area (Å²) in [6.07, 6.45) is 1.68. The Hall–Kier alpha value is -0.630. The number of amides is 2. The maximum atomic E-state index is 12.1. The standard InChI is InChI=1S/C14H19IN2O2S/c1-9(2)14(19)17-5-3-11(4-6-17)16-13(18)10-7-12(15)20-8-10/h7-9,11H,3-6H2,1-2H3,(H,16,18). The summed E-state index contributed by atoms with van der Waals surface area (Å²) in [5, 5.41) is 4.95. The molecule has 6 heteroatoms. The largest absolute Gasteiger partial charge is 0.349 e. The molecule has 0 aliphatic carbocycles. The zero-order chi connectivity index (χ0) is 14.7. The van der Waals surface area contributed by atoms with Crippen LogP contribution in [0.2, 0.25) is 0 Å². The van der Waals surface area contributed by atoms with Gasteiger partial charge in [-0.2, -0.15) is 0 Å². The van der Waals surface area contributed by atoms with Gasteiger partial charge in [0.2, 0.25) is 5.91 Å². The van der Waals surface area contributed by atoms with Gasteiger partial charge >= 0.3 is 0 Å². The van der Waals surface area contributed by atoms with E-state index < -0.39 is 0 Å². The number of halogens is 1. The summed E-state index contributed by atoms with van der Waals surface area (Å²) in [6.45, 7) is 5.33. The first-order valence-electron chi connectivity index (χ1n) is 6.81. The molecule has 0 aromatic carbocycles. The van der Waals surface area contributed by atoms with E-state index in [1.165, 1.54) is 0 Å². The lowest BCUT2D eigenvalue weighted by molar-refractivity contribution is -0.135. The smallest absolute Gasteiger partial charge is 0.252 e. The average Bonchev–Trinajstić information content (AvgIpc) is 2.85. The summed E-state index contributed by atoms with van der Waals surface area (Å²) in [5.41, 5.74) is 0.736. The van der Waals surface area contributed by atoms with Crippen molar-refractivity contribution in [3.63, 3.8) is 0 Å². The quantitative estimate of drug-likeness (QED) is 0.785. The van der Waals surface area contributed by atoms with Crippen LogP contribution in [0.5, 0.6) is 0 Å². The molecular weight excluding hydrogens is 387 g/mol. The number of carbonyl (C=O) groups is 2. The molecule has 1 aliphatic heterocycles. The number of carbonyl (C=O) groups excluding carboxylic acids is 2. The van der Waals surface area contributed by atoms with E-state index in [0.717, 1.165) is 34.4 Å². The summed E-state index contributed by atoms with van der Waals surface area (Å²) in [5.74, 6) is 0.258. The van der Waals surface area contributed by atoms with Crippen molar-refractivity contribution in [1.82, 2.24) is 10.2 Å². The summed E-state index contributed by atoms with van der Waals surface area (Å²) in [7, 11) is 0. The van der Waals surface area contributed by atoms with Crippen LogP contribution in [0.25, 0.3) is 0 Å². The van der Waals surface area contributed by atoms with Crippen LogP contribution in [0, 0.1) is 8.80 Å². The van der Waals surface area contributed by atoms with E-state index in [2.05, 4.69) is 27.9 Å². The van der Waals surface area contributed by atoms with Crippen LogP contribution in [0.15, 0.2) is 11.4 Å². The summed E-state index contributed by atoms with van der Waals surface area (Å²) < 4.78 is 1.12. The van der Waals surface area contributed by atoms with Crippen molar-refractivity contribution in [3.8, 4) is 0 Å². The van der Waals surface area contributed by atoms with Crippen molar-refractivity contribution in [2.24, 2.45) is 5.92 Å². The molecule has 1 aliphatic rings. The molecule has 20 heavy (non-hydrogen) atoms. The normalized spacial score (nSPS) is 16.5. The number of rotatable bonds is 3. The highest BCUT2D eigenvalue weighted by Crippen LogP contribution is 2.18. The summed E-state index contributed by atoms with van der Waals surface area (Å²) in [4.78, 5) is 25.9. The first kappa shape index (κ1) is 15.8. The predicted octanol–water partition coefficient (Wildman–Crippen LogP) is 2.73. The van der Waals surface area contributed by atoms with Gasteiger partial charge in [-0.15, -0.1) is 11.3 Å². The monoisotopic (exact) mass is 406 g/mol. The molecule has 0 radical (unpaired) electrons. The van der Waals surface area contributed by atoms with Gasteiger partial charge < -0.3 is 10.2 Å². The molecule has 1 N–H and O–H groups in total. The maximum absolute atomic E-state index is 12.1. The molecule has 2 rings (SSSR count). The van der Waals surface area contributed by atoms with Crippen LogP contribution in [-0.4, -0.2) is 35.8 Å². The minimum absolute atomic E-state index is 0.00204. The van der Waals surface area contributed by atoms with Gasteiger partial charge in [0.1, 0.15) is 0 Å². The van der Waals surface area contributed by atoms with E-state index >= 15 is 0 Å². The number of nitrogens with zero attached hydrogens (tertiary/aromatic N) is 1. The van der Waals surface area contributed by atoms with Crippen molar-refractivity contribution in [2.45, 2.75) is 32.7 Å². The minimum Gasteiger partial charge on any atom is -0.349 e. The van der Waals surface area contributed by atoms with Gasteiger partial charge in [0.15, 0.2) is 0 Å². The molecule has 0 bridgehead atoms. The fourth-order valence-electron chi connectivity index (χ4n) is 2.31. The van der Waals surface area contributed by atoms with Gasteiger partial charge in [-0.05, 0) is 41.5 Å². The highest BCUT2D eigenvalue weighted by Gasteiger charge is 2.25. The SMILES string of the molecule is CC(C)C(=O)N1CCC(NC(=O)c2csc(I)c2)CC1. The minimum atomic E-state index is -0.00204. The highest BCUT2D eigenvalue weighted by atomic mass is 127. The highest BCUT2D eigenvalue weighted by molar-refractivity contribution is 14.1. The van der Waals surface area contributed by atoms with Crippen molar-refractivity contribution < 1.29 is 9.59 Å². The molecule has 1 saturated heterocycles. The van der Waals surface area contributed by atoms with Crippen LogP contribution < -0.4 is 5.32 Å². The molecule has 1 aromatic rings. The number of thiophene rings is 1. The maximum Gasteiger partial charge on any atom is 0.252 e. The zero-order valence-electron chi connectivity index (χ0n) is 11.7. The third kappa shape index (κ3) is 3.94. The Morgan fingerprint density at radius 2 is 2.05 bits per heavy atom. The Morgan fingerprint density at radius 3 is 2.55 bits per heavy atom. The Labute approximate surface area is 137 Å². The molecule has 1 fully saturated rings. The predicted molar refractivity (Wildman–Crippen MR) is 88.9 cm³/mol. The van der Waals surface area contributed by atoms with Gasteiger partial charge in [0.05, 0.1) is 8.45 Å². The molecule has 1 aromatic heterocycles. The van der Waals surface area contributed by atoms with Gasteiger partial charge in [0, 0.05) is 30.4 Å². The topological polar surface area (TPSA) is 49.4 Å². The molecule has 0 atom stereocenters. The van der Waals surface area contributed by atoms with Gasteiger partial charge in [0.25, 0.3) is 5.91 Å². The second-order valence-electron chi connectivity index (χ2n) is 5.37. The van der Waals surface area contributed by atoms with Crippen molar-refractivity contribution in [1.29, 1.82) is 0 Å². The van der Waals surface area contributed by atoms with Crippen molar-refractivity contribution >= 4 is 45.7 Å². The average molecular weight is 406 g/mol. The molecular formula is C14H19IN2O2S. The number of hydrogen-bond donors (Lipinski definition) is 1. The Morgan fingerprint density at radius 1 is 1.40 bits per heavy atom. The molecule has 2 amide bonds. The molecule has 0 saturated carbocycles. The lowest BCUT2D eigenvalue weighted by Gasteiger charge is -2.33.